The number of carbonyl (C=O) groups is 1. The van der Waals surface area contributed by atoms with E-state index in [4.69, 9.17) is 21.1 Å². The maximum atomic E-state index is 11.2. The molecule has 0 aliphatic carbocycles. The summed E-state index contributed by atoms with van der Waals surface area (Å²) in [7, 11) is 0. The van der Waals surface area contributed by atoms with E-state index in [-0.39, 0.29) is 12.2 Å². The molecule has 21 heavy (non-hydrogen) atoms. The second kappa shape index (κ2) is 5.09. The van der Waals surface area contributed by atoms with Crippen LogP contribution in [0.15, 0.2) is 0 Å². The third-order valence-corrected chi connectivity index (χ3v) is 4.60. The Hall–Kier alpha value is -1.42. The van der Waals surface area contributed by atoms with E-state index in [1.807, 2.05) is 13.8 Å². The number of aliphatic carboxylic acids is 1. The third-order valence-electron chi connectivity index (χ3n) is 4.20. The van der Waals surface area contributed by atoms with Crippen LogP contribution in [0.4, 0.5) is 0 Å². The van der Waals surface area contributed by atoms with E-state index < -0.39 is 11.9 Å². The molecule has 0 saturated heterocycles. The average molecular weight is 311 g/mol. The smallest absolute Gasteiger partial charge is 0.306 e. The van der Waals surface area contributed by atoms with Gasteiger partial charge in [-0.3, -0.25) is 4.79 Å². The summed E-state index contributed by atoms with van der Waals surface area (Å²) < 4.78 is 11.8. The van der Waals surface area contributed by atoms with Gasteiger partial charge in [-0.25, -0.2) is 0 Å². The number of rotatable bonds is 3. The van der Waals surface area contributed by atoms with Crippen LogP contribution in [0.25, 0.3) is 0 Å². The molecule has 1 aromatic carbocycles. The summed E-state index contributed by atoms with van der Waals surface area (Å²) in [6.45, 7) is 5.71. The van der Waals surface area contributed by atoms with Crippen molar-refractivity contribution in [1.82, 2.24) is 0 Å². The molecular weight excluding hydrogens is 292 g/mol. The van der Waals surface area contributed by atoms with E-state index in [2.05, 4.69) is 0 Å². The molecule has 2 aliphatic rings. The topological polar surface area (TPSA) is 55.8 Å². The standard InChI is InChI=1S/C16H19ClO4/c1-7(16(18)19)4-10-11-5-8(2)21-15(11)13(17)12-6-9(3)20-14(10)12/h7-9H,4-6H2,1-3H3,(H,18,19). The van der Waals surface area contributed by atoms with Crippen LogP contribution in [0.1, 0.15) is 37.5 Å². The maximum Gasteiger partial charge on any atom is 0.306 e. The minimum atomic E-state index is -0.801. The number of halogens is 1. The van der Waals surface area contributed by atoms with Crippen LogP contribution < -0.4 is 9.47 Å². The quantitative estimate of drug-likeness (QED) is 0.931. The Labute approximate surface area is 129 Å². The molecule has 0 saturated carbocycles. The van der Waals surface area contributed by atoms with Crippen molar-refractivity contribution in [3.63, 3.8) is 0 Å². The van der Waals surface area contributed by atoms with Crippen molar-refractivity contribution < 1.29 is 19.4 Å². The van der Waals surface area contributed by atoms with E-state index in [0.717, 1.165) is 41.0 Å². The minimum Gasteiger partial charge on any atom is -0.490 e. The monoisotopic (exact) mass is 310 g/mol. The Morgan fingerprint density at radius 1 is 1.24 bits per heavy atom. The molecule has 2 heterocycles. The highest BCUT2D eigenvalue weighted by Crippen LogP contribution is 2.49. The lowest BCUT2D eigenvalue weighted by Crippen LogP contribution is -2.14. The van der Waals surface area contributed by atoms with Crippen molar-refractivity contribution in [1.29, 1.82) is 0 Å². The van der Waals surface area contributed by atoms with Crippen LogP contribution in [0, 0.1) is 5.92 Å². The first-order valence-corrected chi connectivity index (χ1v) is 7.68. The summed E-state index contributed by atoms with van der Waals surface area (Å²) in [4.78, 5) is 11.2. The molecule has 0 amide bonds. The van der Waals surface area contributed by atoms with Crippen molar-refractivity contribution in [3.05, 3.63) is 21.7 Å². The van der Waals surface area contributed by atoms with Gasteiger partial charge in [0.1, 0.15) is 23.7 Å². The predicted octanol–water partition coefficient (Wildman–Crippen LogP) is 3.25. The molecule has 1 aromatic rings. The van der Waals surface area contributed by atoms with E-state index in [9.17, 15) is 9.90 Å². The molecule has 3 atom stereocenters. The Morgan fingerprint density at radius 2 is 1.81 bits per heavy atom. The normalized spacial score (nSPS) is 24.0. The van der Waals surface area contributed by atoms with Gasteiger partial charge in [-0.05, 0) is 20.3 Å². The Balaban J connectivity index is 2.12. The van der Waals surface area contributed by atoms with Gasteiger partial charge in [0, 0.05) is 29.5 Å². The maximum absolute atomic E-state index is 11.2. The van der Waals surface area contributed by atoms with Crippen LogP contribution in [0.5, 0.6) is 11.5 Å². The van der Waals surface area contributed by atoms with Crippen LogP contribution in [-0.2, 0) is 24.1 Å². The van der Waals surface area contributed by atoms with E-state index in [0.29, 0.717) is 11.4 Å². The molecule has 3 rings (SSSR count). The number of benzene rings is 1. The number of hydrogen-bond donors (Lipinski definition) is 1. The minimum absolute atomic E-state index is 0.0661. The zero-order valence-corrected chi connectivity index (χ0v) is 13.2. The molecular formula is C16H19ClO4. The molecule has 1 N–H and O–H groups in total. The van der Waals surface area contributed by atoms with Gasteiger partial charge in [0.15, 0.2) is 0 Å². The molecule has 114 valence electrons. The Morgan fingerprint density at radius 3 is 2.43 bits per heavy atom. The lowest BCUT2D eigenvalue weighted by molar-refractivity contribution is -0.141. The number of hydrogen-bond acceptors (Lipinski definition) is 3. The van der Waals surface area contributed by atoms with Crippen LogP contribution >= 0.6 is 11.6 Å². The van der Waals surface area contributed by atoms with Gasteiger partial charge in [-0.1, -0.05) is 18.5 Å². The summed E-state index contributed by atoms with van der Waals surface area (Å²) in [5.41, 5.74) is 2.95. The second-order valence-corrected chi connectivity index (χ2v) is 6.49. The van der Waals surface area contributed by atoms with Gasteiger partial charge in [0.2, 0.25) is 0 Å². The Bertz CT molecular complexity index is 572. The van der Waals surface area contributed by atoms with Crippen LogP contribution in [-0.4, -0.2) is 23.3 Å². The summed E-state index contributed by atoms with van der Waals surface area (Å²) in [5.74, 6) is 0.255. The molecule has 4 nitrogen and oxygen atoms in total. The first-order valence-electron chi connectivity index (χ1n) is 7.30. The zero-order valence-electron chi connectivity index (χ0n) is 12.4. The zero-order chi connectivity index (χ0) is 15.3. The van der Waals surface area contributed by atoms with Gasteiger partial charge in [0.05, 0.1) is 10.9 Å². The van der Waals surface area contributed by atoms with E-state index in [1.54, 1.807) is 6.92 Å². The predicted molar refractivity (Wildman–Crippen MR) is 79.5 cm³/mol. The fourth-order valence-electron chi connectivity index (χ4n) is 3.16. The largest absolute Gasteiger partial charge is 0.490 e. The molecule has 2 aliphatic heterocycles. The van der Waals surface area contributed by atoms with Crippen molar-refractivity contribution in [2.75, 3.05) is 0 Å². The van der Waals surface area contributed by atoms with Crippen molar-refractivity contribution >= 4 is 17.6 Å². The highest BCUT2D eigenvalue weighted by molar-refractivity contribution is 6.33. The van der Waals surface area contributed by atoms with Crippen molar-refractivity contribution in [2.45, 2.75) is 52.2 Å². The summed E-state index contributed by atoms with van der Waals surface area (Å²) >= 11 is 6.48. The van der Waals surface area contributed by atoms with Crippen molar-refractivity contribution in [3.8, 4) is 11.5 Å². The molecule has 3 unspecified atom stereocenters. The summed E-state index contributed by atoms with van der Waals surface area (Å²) in [6.07, 6.45) is 2.07. The molecule has 0 spiro atoms. The molecule has 0 aromatic heterocycles. The highest BCUT2D eigenvalue weighted by Gasteiger charge is 2.35. The first kappa shape index (κ1) is 14.5. The van der Waals surface area contributed by atoms with E-state index in [1.165, 1.54) is 0 Å². The molecule has 5 heteroatoms. The number of ether oxygens (including phenoxy) is 2. The van der Waals surface area contributed by atoms with Crippen molar-refractivity contribution in [2.24, 2.45) is 5.92 Å². The number of carboxylic acid groups (broad SMARTS) is 1. The fourth-order valence-corrected chi connectivity index (χ4v) is 3.48. The van der Waals surface area contributed by atoms with Gasteiger partial charge >= 0.3 is 5.97 Å². The Kier molecular flexibility index (Phi) is 3.52. The lowest BCUT2D eigenvalue weighted by atomic mass is 9.91. The summed E-state index contributed by atoms with van der Waals surface area (Å²) in [6, 6.07) is 0. The van der Waals surface area contributed by atoms with Crippen LogP contribution in [0.2, 0.25) is 5.02 Å². The average Bonchev–Trinajstić information content (AvgIpc) is 2.97. The number of fused-ring (bicyclic) bond motifs is 2. The van der Waals surface area contributed by atoms with Crippen LogP contribution in [0.3, 0.4) is 0 Å². The first-order chi connectivity index (χ1) is 9.88. The SMILES string of the molecule is CC1Cc2c(CC(C)C(=O)O)c3c(c(Cl)c2O1)CC(C)O3. The van der Waals surface area contributed by atoms with Gasteiger partial charge in [-0.2, -0.15) is 0 Å². The fraction of sp³-hybridized carbons (Fsp3) is 0.562. The number of carboxylic acids is 1. The molecule has 0 radical (unpaired) electrons. The van der Waals surface area contributed by atoms with Gasteiger partial charge in [-0.15, -0.1) is 0 Å². The molecule has 0 fully saturated rings. The highest BCUT2D eigenvalue weighted by atomic mass is 35.5. The van der Waals surface area contributed by atoms with Gasteiger partial charge in [0.25, 0.3) is 0 Å². The third kappa shape index (κ3) is 2.35. The van der Waals surface area contributed by atoms with Gasteiger partial charge < -0.3 is 14.6 Å². The summed E-state index contributed by atoms with van der Waals surface area (Å²) in [5, 5.41) is 9.84. The second-order valence-electron chi connectivity index (χ2n) is 6.12. The van der Waals surface area contributed by atoms with E-state index >= 15 is 0 Å². The lowest BCUT2D eigenvalue weighted by Gasteiger charge is -2.16. The molecule has 0 bridgehead atoms.